The summed E-state index contributed by atoms with van der Waals surface area (Å²) >= 11 is 0. The number of carbonyl (C=O) groups is 2. The lowest BCUT2D eigenvalue weighted by Gasteiger charge is -2.44. The number of hydrogen-bond acceptors (Lipinski definition) is 2. The van der Waals surface area contributed by atoms with E-state index in [4.69, 9.17) is 0 Å². The van der Waals surface area contributed by atoms with Gasteiger partial charge in [0.1, 0.15) is 0 Å². The maximum atomic E-state index is 13.1. The van der Waals surface area contributed by atoms with Crippen LogP contribution in [0, 0.1) is 0 Å². The first kappa shape index (κ1) is 19.7. The van der Waals surface area contributed by atoms with E-state index in [9.17, 15) is 9.59 Å². The highest BCUT2D eigenvalue weighted by molar-refractivity contribution is 7.63. The molecule has 1 heterocycles. The minimum absolute atomic E-state index is 0.0147. The standard InChI is InChI=1S/C26H25O2P/c27-25(21-14-6-2-7-15-21)23-19-24(26(28)22-16-8-3-9-17-22)29(23)18-10-13-20-11-4-1-5-12-20/h1-9,11-12,14-17,23-24H,10,13,18-19H2/t23-,24-/m0/s1. The van der Waals surface area contributed by atoms with Crippen LogP contribution in [0.4, 0.5) is 0 Å². The summed E-state index contributed by atoms with van der Waals surface area (Å²) in [5, 5.41) is 0. The molecule has 2 atom stereocenters. The predicted octanol–water partition coefficient (Wildman–Crippen LogP) is 6.01. The summed E-state index contributed by atoms with van der Waals surface area (Å²) in [5.41, 5.74) is 2.90. The zero-order valence-electron chi connectivity index (χ0n) is 16.4. The summed E-state index contributed by atoms with van der Waals surface area (Å²) in [6, 6.07) is 29.5. The van der Waals surface area contributed by atoms with Crippen molar-refractivity contribution in [1.29, 1.82) is 0 Å². The van der Waals surface area contributed by atoms with Crippen molar-refractivity contribution >= 4 is 19.5 Å². The highest BCUT2D eigenvalue weighted by Crippen LogP contribution is 2.61. The molecule has 4 rings (SSSR count). The van der Waals surface area contributed by atoms with E-state index >= 15 is 0 Å². The van der Waals surface area contributed by atoms with Crippen LogP contribution in [0.1, 0.15) is 39.1 Å². The molecule has 1 aliphatic heterocycles. The molecule has 146 valence electrons. The Labute approximate surface area is 173 Å². The van der Waals surface area contributed by atoms with Gasteiger partial charge in [-0.2, -0.15) is 0 Å². The molecule has 0 N–H and O–H groups in total. The topological polar surface area (TPSA) is 34.1 Å². The van der Waals surface area contributed by atoms with Crippen molar-refractivity contribution < 1.29 is 9.59 Å². The zero-order valence-corrected chi connectivity index (χ0v) is 17.3. The van der Waals surface area contributed by atoms with Gasteiger partial charge in [0, 0.05) is 22.4 Å². The van der Waals surface area contributed by atoms with Crippen molar-refractivity contribution in [2.75, 3.05) is 6.16 Å². The maximum absolute atomic E-state index is 13.1. The second kappa shape index (κ2) is 9.29. The first-order valence-corrected chi connectivity index (χ1v) is 11.9. The first-order chi connectivity index (χ1) is 14.2. The molecule has 0 unspecified atom stereocenters. The third-order valence-electron chi connectivity index (χ3n) is 5.69. The quantitative estimate of drug-likeness (QED) is 0.343. The number of hydrogen-bond donors (Lipinski definition) is 0. The summed E-state index contributed by atoms with van der Waals surface area (Å²) in [5.74, 6) is 0.432. The van der Waals surface area contributed by atoms with Crippen molar-refractivity contribution in [3.05, 3.63) is 108 Å². The van der Waals surface area contributed by atoms with E-state index in [2.05, 4.69) is 24.3 Å². The van der Waals surface area contributed by atoms with Crippen molar-refractivity contribution in [1.82, 2.24) is 0 Å². The van der Waals surface area contributed by atoms with E-state index in [1.807, 2.05) is 66.7 Å². The SMILES string of the molecule is O=C(c1ccccc1)[C@@H]1C[C@@H](C(=O)c2ccccc2)P1CCCc1ccccc1. The fourth-order valence-corrected chi connectivity index (χ4v) is 7.14. The van der Waals surface area contributed by atoms with Crippen molar-refractivity contribution in [2.45, 2.75) is 30.6 Å². The van der Waals surface area contributed by atoms with Crippen LogP contribution in [0.2, 0.25) is 0 Å². The van der Waals surface area contributed by atoms with Crippen LogP contribution in [0.5, 0.6) is 0 Å². The summed E-state index contributed by atoms with van der Waals surface area (Å²) in [6.45, 7) is 0. The normalized spacial score (nSPS) is 18.8. The Morgan fingerprint density at radius 3 is 1.62 bits per heavy atom. The summed E-state index contributed by atoms with van der Waals surface area (Å²) in [4.78, 5) is 26.2. The maximum Gasteiger partial charge on any atom is 0.170 e. The molecule has 0 amide bonds. The Morgan fingerprint density at radius 2 is 1.14 bits per heavy atom. The molecule has 0 bridgehead atoms. The first-order valence-electron chi connectivity index (χ1n) is 10.2. The lowest BCUT2D eigenvalue weighted by Crippen LogP contribution is -2.42. The largest absolute Gasteiger partial charge is 0.293 e. The molecule has 1 aliphatic rings. The monoisotopic (exact) mass is 400 g/mol. The summed E-state index contributed by atoms with van der Waals surface area (Å²) in [7, 11) is -0.646. The molecule has 29 heavy (non-hydrogen) atoms. The Kier molecular flexibility index (Phi) is 6.32. The Hall–Kier alpha value is -2.57. The van der Waals surface area contributed by atoms with Gasteiger partial charge in [-0.15, -0.1) is 0 Å². The smallest absolute Gasteiger partial charge is 0.170 e. The van der Waals surface area contributed by atoms with Gasteiger partial charge in [-0.1, -0.05) is 98.9 Å². The van der Waals surface area contributed by atoms with Crippen molar-refractivity contribution in [3.8, 4) is 0 Å². The average molecular weight is 400 g/mol. The third kappa shape index (κ3) is 4.54. The predicted molar refractivity (Wildman–Crippen MR) is 120 cm³/mol. The average Bonchev–Trinajstić information content (AvgIpc) is 2.77. The van der Waals surface area contributed by atoms with Crippen molar-refractivity contribution in [3.63, 3.8) is 0 Å². The summed E-state index contributed by atoms with van der Waals surface area (Å²) in [6.07, 6.45) is 3.68. The van der Waals surface area contributed by atoms with E-state index in [-0.39, 0.29) is 22.9 Å². The molecule has 3 aromatic rings. The number of aryl methyl sites for hydroxylation is 1. The molecule has 0 aliphatic carbocycles. The van der Waals surface area contributed by atoms with Gasteiger partial charge in [0.2, 0.25) is 0 Å². The van der Waals surface area contributed by atoms with Crippen LogP contribution < -0.4 is 0 Å². The van der Waals surface area contributed by atoms with Crippen LogP contribution in [0.15, 0.2) is 91.0 Å². The molecule has 0 aromatic heterocycles. The molecule has 0 radical (unpaired) electrons. The second-order valence-electron chi connectivity index (χ2n) is 7.55. The molecule has 1 saturated heterocycles. The molecular formula is C26H25O2P. The lowest BCUT2D eigenvalue weighted by molar-refractivity contribution is 0.0945. The zero-order chi connectivity index (χ0) is 20.1. The number of rotatable bonds is 8. The Balaban J connectivity index is 1.48. The van der Waals surface area contributed by atoms with Gasteiger partial charge >= 0.3 is 0 Å². The van der Waals surface area contributed by atoms with Gasteiger partial charge in [0.05, 0.1) is 0 Å². The van der Waals surface area contributed by atoms with Crippen LogP contribution in [0.3, 0.4) is 0 Å². The molecular weight excluding hydrogens is 375 g/mol. The van der Waals surface area contributed by atoms with Gasteiger partial charge in [-0.25, -0.2) is 0 Å². The molecule has 0 spiro atoms. The lowest BCUT2D eigenvalue weighted by atomic mass is 9.99. The number of Topliss-reactive ketones (excluding diaryl/α,β-unsaturated/α-hetero) is 2. The highest BCUT2D eigenvalue weighted by Gasteiger charge is 2.47. The highest BCUT2D eigenvalue weighted by atomic mass is 31.1. The van der Waals surface area contributed by atoms with Gasteiger partial charge in [-0.3, -0.25) is 9.59 Å². The van der Waals surface area contributed by atoms with E-state index in [1.54, 1.807) is 0 Å². The van der Waals surface area contributed by atoms with Gasteiger partial charge < -0.3 is 0 Å². The fraction of sp³-hybridized carbons (Fsp3) is 0.231. The Bertz CT molecular complexity index is 896. The van der Waals surface area contributed by atoms with E-state index in [1.165, 1.54) is 5.56 Å². The van der Waals surface area contributed by atoms with E-state index < -0.39 is 7.92 Å². The molecule has 1 fully saturated rings. The fourth-order valence-electron chi connectivity index (χ4n) is 4.09. The minimum Gasteiger partial charge on any atom is -0.293 e. The Morgan fingerprint density at radius 1 is 0.690 bits per heavy atom. The number of carbonyl (C=O) groups excluding carboxylic acids is 2. The molecule has 3 aromatic carbocycles. The van der Waals surface area contributed by atoms with Gasteiger partial charge in [-0.05, 0) is 31.0 Å². The summed E-state index contributed by atoms with van der Waals surface area (Å²) < 4.78 is 0. The number of ketones is 2. The van der Waals surface area contributed by atoms with E-state index in [0.717, 1.165) is 30.1 Å². The molecule has 2 nitrogen and oxygen atoms in total. The molecule has 0 saturated carbocycles. The van der Waals surface area contributed by atoms with Crippen LogP contribution >= 0.6 is 7.92 Å². The van der Waals surface area contributed by atoms with Crippen LogP contribution in [-0.4, -0.2) is 29.0 Å². The third-order valence-corrected chi connectivity index (χ3v) is 9.02. The van der Waals surface area contributed by atoms with E-state index in [0.29, 0.717) is 6.42 Å². The van der Waals surface area contributed by atoms with Crippen LogP contribution in [0.25, 0.3) is 0 Å². The number of benzene rings is 3. The molecule has 3 heteroatoms. The minimum atomic E-state index is -0.646. The second-order valence-corrected chi connectivity index (χ2v) is 10.3. The van der Waals surface area contributed by atoms with Crippen LogP contribution in [-0.2, 0) is 6.42 Å². The van der Waals surface area contributed by atoms with Crippen molar-refractivity contribution in [2.24, 2.45) is 0 Å². The van der Waals surface area contributed by atoms with Gasteiger partial charge in [0.25, 0.3) is 0 Å². The van der Waals surface area contributed by atoms with Gasteiger partial charge in [0.15, 0.2) is 11.6 Å².